The van der Waals surface area contributed by atoms with Crippen LogP contribution in [0.4, 0.5) is 0 Å². The molecule has 1 aromatic heterocycles. The standard InChI is InChI=1S/C16H21N3/c1-12-2-4-13(5-3-12)14-8-16(9-14)18-7-6-15-10-17-11-19-15/h2-5,10-11,14,16,18H,6-9H2,1H3,(H,17,19). The number of aromatic nitrogens is 2. The highest BCUT2D eigenvalue weighted by atomic mass is 14.9. The van der Waals surface area contributed by atoms with Crippen LogP contribution in [0.15, 0.2) is 36.8 Å². The predicted molar refractivity (Wildman–Crippen MR) is 77.2 cm³/mol. The molecule has 0 spiro atoms. The maximum Gasteiger partial charge on any atom is 0.0921 e. The monoisotopic (exact) mass is 255 g/mol. The van der Waals surface area contributed by atoms with Crippen molar-refractivity contribution in [2.75, 3.05) is 6.54 Å². The number of nitrogens with zero attached hydrogens (tertiary/aromatic N) is 1. The fraction of sp³-hybridized carbons (Fsp3) is 0.438. The highest BCUT2D eigenvalue weighted by Gasteiger charge is 2.29. The second-order valence-corrected chi connectivity index (χ2v) is 5.56. The Balaban J connectivity index is 1.39. The van der Waals surface area contributed by atoms with E-state index in [2.05, 4.69) is 46.5 Å². The van der Waals surface area contributed by atoms with Crippen LogP contribution in [0, 0.1) is 6.92 Å². The molecule has 0 unspecified atom stereocenters. The number of imidazole rings is 1. The van der Waals surface area contributed by atoms with Gasteiger partial charge in [0.05, 0.1) is 6.33 Å². The topological polar surface area (TPSA) is 40.7 Å². The van der Waals surface area contributed by atoms with Crippen molar-refractivity contribution in [3.63, 3.8) is 0 Å². The van der Waals surface area contributed by atoms with Gasteiger partial charge in [0, 0.05) is 30.9 Å². The van der Waals surface area contributed by atoms with Crippen LogP contribution in [0.25, 0.3) is 0 Å². The van der Waals surface area contributed by atoms with Crippen LogP contribution in [0.1, 0.15) is 35.6 Å². The first-order valence-corrected chi connectivity index (χ1v) is 7.08. The van der Waals surface area contributed by atoms with Crippen LogP contribution in [0.3, 0.4) is 0 Å². The normalized spacial score (nSPS) is 22.2. The molecule has 2 aromatic rings. The minimum atomic E-state index is 0.689. The molecule has 19 heavy (non-hydrogen) atoms. The lowest BCUT2D eigenvalue weighted by Gasteiger charge is -2.36. The van der Waals surface area contributed by atoms with Crippen molar-refractivity contribution in [1.82, 2.24) is 15.3 Å². The second kappa shape index (κ2) is 5.57. The third kappa shape index (κ3) is 3.04. The van der Waals surface area contributed by atoms with Gasteiger partial charge in [-0.25, -0.2) is 4.98 Å². The average molecular weight is 255 g/mol. The van der Waals surface area contributed by atoms with Crippen molar-refractivity contribution in [2.45, 2.75) is 38.1 Å². The van der Waals surface area contributed by atoms with E-state index in [-0.39, 0.29) is 0 Å². The van der Waals surface area contributed by atoms with Crippen molar-refractivity contribution in [3.05, 3.63) is 53.6 Å². The number of nitrogens with one attached hydrogen (secondary N) is 2. The summed E-state index contributed by atoms with van der Waals surface area (Å²) in [5, 5.41) is 3.62. The fourth-order valence-corrected chi connectivity index (χ4v) is 2.73. The van der Waals surface area contributed by atoms with Gasteiger partial charge in [-0.3, -0.25) is 0 Å². The Morgan fingerprint density at radius 3 is 2.74 bits per heavy atom. The Hall–Kier alpha value is -1.61. The highest BCUT2D eigenvalue weighted by Crippen LogP contribution is 2.36. The zero-order chi connectivity index (χ0) is 13.1. The molecule has 0 aliphatic heterocycles. The Morgan fingerprint density at radius 1 is 1.26 bits per heavy atom. The number of aromatic amines is 1. The van der Waals surface area contributed by atoms with Crippen LogP contribution in [0.2, 0.25) is 0 Å². The van der Waals surface area contributed by atoms with Gasteiger partial charge in [-0.15, -0.1) is 0 Å². The summed E-state index contributed by atoms with van der Waals surface area (Å²) in [6.07, 6.45) is 7.22. The van der Waals surface area contributed by atoms with Crippen molar-refractivity contribution in [2.24, 2.45) is 0 Å². The maximum absolute atomic E-state index is 4.03. The Labute approximate surface area is 114 Å². The smallest absolute Gasteiger partial charge is 0.0921 e. The molecule has 100 valence electrons. The van der Waals surface area contributed by atoms with Gasteiger partial charge < -0.3 is 10.3 Å². The quantitative estimate of drug-likeness (QED) is 0.862. The van der Waals surface area contributed by atoms with Gasteiger partial charge >= 0.3 is 0 Å². The first kappa shape index (κ1) is 12.4. The molecule has 2 N–H and O–H groups in total. The Kier molecular flexibility index (Phi) is 3.65. The van der Waals surface area contributed by atoms with Crippen LogP contribution in [-0.4, -0.2) is 22.6 Å². The molecule has 0 amide bonds. The molecule has 1 fully saturated rings. The highest BCUT2D eigenvalue weighted by molar-refractivity contribution is 5.26. The molecule has 3 rings (SSSR count). The van der Waals surface area contributed by atoms with Gasteiger partial charge in [0.1, 0.15) is 0 Å². The summed E-state index contributed by atoms with van der Waals surface area (Å²) in [7, 11) is 0. The minimum absolute atomic E-state index is 0.689. The number of H-pyrrole nitrogens is 1. The van der Waals surface area contributed by atoms with Gasteiger partial charge in [0.15, 0.2) is 0 Å². The van der Waals surface area contributed by atoms with E-state index in [1.807, 2.05) is 6.20 Å². The van der Waals surface area contributed by atoms with Gasteiger partial charge in [-0.1, -0.05) is 29.8 Å². The summed E-state index contributed by atoms with van der Waals surface area (Å²) in [6, 6.07) is 9.68. The number of benzene rings is 1. The SMILES string of the molecule is Cc1ccc(C2CC(NCCc3cnc[nH]3)C2)cc1. The Morgan fingerprint density at radius 2 is 2.05 bits per heavy atom. The second-order valence-electron chi connectivity index (χ2n) is 5.56. The molecule has 1 aromatic carbocycles. The van der Waals surface area contributed by atoms with Gasteiger partial charge in [-0.2, -0.15) is 0 Å². The maximum atomic E-state index is 4.03. The zero-order valence-corrected chi connectivity index (χ0v) is 11.4. The van der Waals surface area contributed by atoms with Crippen LogP contribution >= 0.6 is 0 Å². The molecule has 1 aliphatic carbocycles. The predicted octanol–water partition coefficient (Wildman–Crippen LogP) is 2.80. The summed E-state index contributed by atoms with van der Waals surface area (Å²) in [5.74, 6) is 0.755. The Bertz CT molecular complexity index is 495. The van der Waals surface area contributed by atoms with E-state index in [9.17, 15) is 0 Å². The minimum Gasteiger partial charge on any atom is -0.348 e. The molecule has 0 bridgehead atoms. The molecule has 0 atom stereocenters. The van der Waals surface area contributed by atoms with E-state index in [0.717, 1.165) is 18.9 Å². The van der Waals surface area contributed by atoms with E-state index in [1.165, 1.54) is 29.7 Å². The molecule has 1 aliphatic rings. The summed E-state index contributed by atoms with van der Waals surface area (Å²) >= 11 is 0. The van der Waals surface area contributed by atoms with Crippen LogP contribution < -0.4 is 5.32 Å². The lowest BCUT2D eigenvalue weighted by atomic mass is 9.76. The zero-order valence-electron chi connectivity index (χ0n) is 11.4. The summed E-state index contributed by atoms with van der Waals surface area (Å²) < 4.78 is 0. The van der Waals surface area contributed by atoms with E-state index < -0.39 is 0 Å². The molecule has 1 saturated carbocycles. The largest absolute Gasteiger partial charge is 0.348 e. The molecule has 3 nitrogen and oxygen atoms in total. The molecule has 1 heterocycles. The number of hydrogen-bond donors (Lipinski definition) is 2. The van der Waals surface area contributed by atoms with Gasteiger partial charge in [0.2, 0.25) is 0 Å². The van der Waals surface area contributed by atoms with Crippen LogP contribution in [-0.2, 0) is 6.42 Å². The number of aryl methyl sites for hydroxylation is 1. The first-order chi connectivity index (χ1) is 9.31. The third-order valence-corrected chi connectivity index (χ3v) is 4.07. The lowest BCUT2D eigenvalue weighted by molar-refractivity contribution is 0.292. The first-order valence-electron chi connectivity index (χ1n) is 7.08. The van der Waals surface area contributed by atoms with Crippen molar-refractivity contribution in [3.8, 4) is 0 Å². The number of rotatable bonds is 5. The summed E-state index contributed by atoms with van der Waals surface area (Å²) in [4.78, 5) is 7.17. The summed E-state index contributed by atoms with van der Waals surface area (Å²) in [6.45, 7) is 3.18. The molecular weight excluding hydrogens is 234 g/mol. The van der Waals surface area contributed by atoms with E-state index in [4.69, 9.17) is 0 Å². The van der Waals surface area contributed by atoms with Gasteiger partial charge in [0.25, 0.3) is 0 Å². The van der Waals surface area contributed by atoms with Crippen molar-refractivity contribution >= 4 is 0 Å². The van der Waals surface area contributed by atoms with Crippen molar-refractivity contribution in [1.29, 1.82) is 0 Å². The van der Waals surface area contributed by atoms with Crippen LogP contribution in [0.5, 0.6) is 0 Å². The molecule has 0 radical (unpaired) electrons. The molecule has 3 heteroatoms. The average Bonchev–Trinajstić information content (AvgIpc) is 2.87. The van der Waals surface area contributed by atoms with E-state index in [0.29, 0.717) is 6.04 Å². The number of hydrogen-bond acceptors (Lipinski definition) is 2. The fourth-order valence-electron chi connectivity index (χ4n) is 2.73. The summed E-state index contributed by atoms with van der Waals surface area (Å²) in [5.41, 5.74) is 4.05. The van der Waals surface area contributed by atoms with Gasteiger partial charge in [-0.05, 0) is 31.2 Å². The van der Waals surface area contributed by atoms with Crippen molar-refractivity contribution < 1.29 is 0 Å². The lowest BCUT2D eigenvalue weighted by Crippen LogP contribution is -2.40. The van der Waals surface area contributed by atoms with E-state index in [1.54, 1.807) is 6.33 Å². The molecular formula is C16H21N3. The van der Waals surface area contributed by atoms with E-state index >= 15 is 0 Å². The molecule has 0 saturated heterocycles. The third-order valence-electron chi connectivity index (χ3n) is 4.07.